The van der Waals surface area contributed by atoms with Crippen molar-refractivity contribution in [2.45, 2.75) is 13.0 Å². The van der Waals surface area contributed by atoms with Crippen molar-refractivity contribution in [3.05, 3.63) is 27.4 Å². The maximum Gasteiger partial charge on any atom is 0.347 e. The second kappa shape index (κ2) is 4.18. The fraction of sp³-hybridized carbons (Fsp3) is 0.286. The van der Waals surface area contributed by atoms with Gasteiger partial charge in [0, 0.05) is 18.9 Å². The molecule has 6 heteroatoms. The fourth-order valence-corrected chi connectivity index (χ4v) is 1.15. The van der Waals surface area contributed by atoms with Gasteiger partial charge in [0.05, 0.1) is 10.9 Å². The molecule has 0 fully saturated rings. The molecule has 0 aliphatic carbocycles. The second-order valence-electron chi connectivity index (χ2n) is 2.39. The predicted octanol–water partition coefficient (Wildman–Crippen LogP) is 0.480. The summed E-state index contributed by atoms with van der Waals surface area (Å²) in [6, 6.07) is 0. The van der Waals surface area contributed by atoms with Crippen LogP contribution in [0.1, 0.15) is 6.42 Å². The highest BCUT2D eigenvalue weighted by molar-refractivity contribution is 9.10. The fourth-order valence-electron chi connectivity index (χ4n) is 0.805. The third-order valence-electron chi connectivity index (χ3n) is 1.39. The zero-order valence-electron chi connectivity index (χ0n) is 6.61. The van der Waals surface area contributed by atoms with Crippen LogP contribution in [0.3, 0.4) is 0 Å². The Hall–Kier alpha value is -1.17. The molecule has 0 aliphatic heterocycles. The zero-order chi connectivity index (χ0) is 9.84. The minimum absolute atomic E-state index is 0.0853. The predicted molar refractivity (Wildman–Crippen MR) is 48.4 cm³/mol. The highest BCUT2D eigenvalue weighted by Crippen LogP contribution is 2.03. The van der Waals surface area contributed by atoms with Gasteiger partial charge in [-0.25, -0.2) is 9.78 Å². The van der Waals surface area contributed by atoms with E-state index in [1.807, 2.05) is 0 Å². The Morgan fingerprint density at radius 2 is 2.38 bits per heavy atom. The molecule has 0 unspecified atom stereocenters. The minimum atomic E-state index is -0.938. The van der Waals surface area contributed by atoms with Crippen molar-refractivity contribution in [3.63, 3.8) is 0 Å². The van der Waals surface area contributed by atoms with Gasteiger partial charge in [-0.15, -0.1) is 0 Å². The number of hydrogen-bond donors (Lipinski definition) is 1. The van der Waals surface area contributed by atoms with Gasteiger partial charge in [0.15, 0.2) is 0 Å². The molecule has 0 atom stereocenters. The molecule has 0 bridgehead atoms. The summed E-state index contributed by atoms with van der Waals surface area (Å²) in [7, 11) is 0. The van der Waals surface area contributed by atoms with Gasteiger partial charge in [-0.3, -0.25) is 9.36 Å². The number of carboxylic acids is 1. The number of rotatable bonds is 3. The van der Waals surface area contributed by atoms with Crippen LogP contribution in [-0.2, 0) is 11.3 Å². The summed E-state index contributed by atoms with van der Waals surface area (Å²) in [5.74, 6) is -0.938. The van der Waals surface area contributed by atoms with E-state index in [1.54, 1.807) is 0 Å². The topological polar surface area (TPSA) is 72.2 Å². The maximum absolute atomic E-state index is 11.0. The molecule has 0 saturated carbocycles. The summed E-state index contributed by atoms with van der Waals surface area (Å²) in [5.41, 5.74) is -0.440. The maximum atomic E-state index is 11.0. The molecule has 0 aromatic carbocycles. The summed E-state index contributed by atoms with van der Waals surface area (Å²) in [5, 5.41) is 8.39. The number of hydrogen-bond acceptors (Lipinski definition) is 3. The number of aryl methyl sites for hydroxylation is 1. The molecule has 0 spiro atoms. The Kier molecular flexibility index (Phi) is 3.18. The van der Waals surface area contributed by atoms with Gasteiger partial charge in [-0.05, 0) is 15.9 Å². The first-order chi connectivity index (χ1) is 6.09. The van der Waals surface area contributed by atoms with Crippen LogP contribution in [-0.4, -0.2) is 20.6 Å². The molecule has 0 aliphatic rings. The first-order valence-electron chi connectivity index (χ1n) is 3.53. The highest BCUT2D eigenvalue weighted by Gasteiger charge is 2.01. The van der Waals surface area contributed by atoms with Crippen LogP contribution >= 0.6 is 15.9 Å². The summed E-state index contributed by atoms with van der Waals surface area (Å²) in [6.07, 6.45) is 2.80. The first kappa shape index (κ1) is 9.91. The lowest BCUT2D eigenvalue weighted by Crippen LogP contribution is -2.23. The van der Waals surface area contributed by atoms with Crippen molar-refractivity contribution in [2.24, 2.45) is 0 Å². The molecule has 1 rings (SSSR count). The third kappa shape index (κ3) is 2.98. The van der Waals surface area contributed by atoms with Crippen molar-refractivity contribution in [1.29, 1.82) is 0 Å². The molecule has 13 heavy (non-hydrogen) atoms. The van der Waals surface area contributed by atoms with Gasteiger partial charge in [0.1, 0.15) is 0 Å². The van der Waals surface area contributed by atoms with Gasteiger partial charge in [-0.1, -0.05) is 0 Å². The molecule has 0 amide bonds. The molecular formula is C7H7BrN2O3. The molecule has 70 valence electrons. The second-order valence-corrected chi connectivity index (χ2v) is 3.31. The molecule has 1 heterocycles. The van der Waals surface area contributed by atoms with E-state index in [4.69, 9.17) is 5.11 Å². The van der Waals surface area contributed by atoms with Gasteiger partial charge < -0.3 is 5.11 Å². The SMILES string of the molecule is O=C(O)CCn1cc(Br)cnc1=O. The molecule has 0 saturated heterocycles. The third-order valence-corrected chi connectivity index (χ3v) is 1.80. The number of halogens is 1. The molecule has 1 N–H and O–H groups in total. The van der Waals surface area contributed by atoms with Crippen LogP contribution in [0.2, 0.25) is 0 Å². The molecule has 1 aromatic heterocycles. The largest absolute Gasteiger partial charge is 0.481 e. The van der Waals surface area contributed by atoms with Gasteiger partial charge in [-0.2, -0.15) is 0 Å². The van der Waals surface area contributed by atoms with Crippen molar-refractivity contribution < 1.29 is 9.90 Å². The number of carboxylic acid groups (broad SMARTS) is 1. The van der Waals surface area contributed by atoms with Crippen molar-refractivity contribution in [3.8, 4) is 0 Å². The van der Waals surface area contributed by atoms with Crippen molar-refractivity contribution in [1.82, 2.24) is 9.55 Å². The van der Waals surface area contributed by atoms with Gasteiger partial charge in [0.25, 0.3) is 0 Å². The van der Waals surface area contributed by atoms with E-state index < -0.39 is 11.7 Å². The van der Waals surface area contributed by atoms with E-state index in [0.717, 1.165) is 0 Å². The van der Waals surface area contributed by atoms with Gasteiger partial charge in [0.2, 0.25) is 0 Å². The Bertz CT molecular complexity index is 374. The quantitative estimate of drug-likeness (QED) is 0.843. The lowest BCUT2D eigenvalue weighted by atomic mass is 10.4. The average molecular weight is 247 g/mol. The summed E-state index contributed by atoms with van der Waals surface area (Å²) >= 11 is 3.13. The minimum Gasteiger partial charge on any atom is -0.481 e. The van der Waals surface area contributed by atoms with E-state index in [2.05, 4.69) is 20.9 Å². The summed E-state index contributed by atoms with van der Waals surface area (Å²) < 4.78 is 1.90. The molecular weight excluding hydrogens is 240 g/mol. The van der Waals surface area contributed by atoms with Crippen molar-refractivity contribution >= 4 is 21.9 Å². The number of aliphatic carboxylic acids is 1. The van der Waals surface area contributed by atoms with Crippen LogP contribution in [0.4, 0.5) is 0 Å². The van der Waals surface area contributed by atoms with E-state index in [1.165, 1.54) is 17.0 Å². The molecule has 1 aromatic rings. The molecule has 0 radical (unpaired) electrons. The zero-order valence-corrected chi connectivity index (χ0v) is 8.19. The Morgan fingerprint density at radius 3 is 3.00 bits per heavy atom. The molecule has 5 nitrogen and oxygen atoms in total. The van der Waals surface area contributed by atoms with Crippen LogP contribution in [0.5, 0.6) is 0 Å². The monoisotopic (exact) mass is 246 g/mol. The Balaban J connectivity index is 2.82. The number of nitrogens with zero attached hydrogens (tertiary/aromatic N) is 2. The van der Waals surface area contributed by atoms with Crippen LogP contribution in [0.15, 0.2) is 21.7 Å². The van der Waals surface area contributed by atoms with E-state index in [9.17, 15) is 9.59 Å². The summed E-state index contributed by atoms with van der Waals surface area (Å²) in [4.78, 5) is 24.8. The lowest BCUT2D eigenvalue weighted by Gasteiger charge is -2.01. The van der Waals surface area contributed by atoms with Crippen LogP contribution in [0, 0.1) is 0 Å². The van der Waals surface area contributed by atoms with Crippen LogP contribution in [0.25, 0.3) is 0 Å². The number of carbonyl (C=O) groups is 1. The first-order valence-corrected chi connectivity index (χ1v) is 4.32. The smallest absolute Gasteiger partial charge is 0.347 e. The highest BCUT2D eigenvalue weighted by atomic mass is 79.9. The summed E-state index contributed by atoms with van der Waals surface area (Å²) in [6.45, 7) is 0.139. The van der Waals surface area contributed by atoms with Gasteiger partial charge >= 0.3 is 11.7 Å². The van der Waals surface area contributed by atoms with Crippen LogP contribution < -0.4 is 5.69 Å². The Labute approximate surface area is 82.2 Å². The van der Waals surface area contributed by atoms with Crippen molar-refractivity contribution in [2.75, 3.05) is 0 Å². The lowest BCUT2D eigenvalue weighted by molar-refractivity contribution is -0.137. The van der Waals surface area contributed by atoms with E-state index >= 15 is 0 Å². The Morgan fingerprint density at radius 1 is 1.69 bits per heavy atom. The number of aromatic nitrogens is 2. The van der Waals surface area contributed by atoms with E-state index in [0.29, 0.717) is 4.47 Å². The average Bonchev–Trinajstić information content (AvgIpc) is 2.06. The van der Waals surface area contributed by atoms with E-state index in [-0.39, 0.29) is 13.0 Å². The normalized spacial score (nSPS) is 9.92. The standard InChI is InChI=1S/C7H7BrN2O3/c8-5-3-9-7(13)10(4-5)2-1-6(11)12/h3-4H,1-2H2,(H,11,12).